The third kappa shape index (κ3) is 4.64. The summed E-state index contributed by atoms with van der Waals surface area (Å²) in [4.78, 5) is 21.5. The Balaban J connectivity index is 1.54. The SMILES string of the molecule is Cc1nn(C)c2nc(-c3ccccc3)cc(C(=O)NCCNc3ncccc3C(F)(F)F)c12. The predicted molar refractivity (Wildman–Crippen MR) is 119 cm³/mol. The van der Waals surface area contributed by atoms with E-state index in [-0.39, 0.29) is 24.8 Å². The van der Waals surface area contributed by atoms with Crippen molar-refractivity contribution in [3.8, 4) is 11.3 Å². The van der Waals surface area contributed by atoms with Gasteiger partial charge in [-0.3, -0.25) is 9.48 Å². The van der Waals surface area contributed by atoms with Crippen LogP contribution >= 0.6 is 0 Å². The Morgan fingerprint density at radius 1 is 1.09 bits per heavy atom. The molecular weight excluding hydrogens is 433 g/mol. The Morgan fingerprint density at radius 2 is 1.85 bits per heavy atom. The first-order valence-corrected chi connectivity index (χ1v) is 10.2. The minimum atomic E-state index is -4.52. The van der Waals surface area contributed by atoms with Crippen molar-refractivity contribution in [2.45, 2.75) is 13.1 Å². The van der Waals surface area contributed by atoms with Gasteiger partial charge in [-0.15, -0.1) is 0 Å². The van der Waals surface area contributed by atoms with Crippen molar-refractivity contribution >= 4 is 22.8 Å². The minimum absolute atomic E-state index is 0.0671. The number of alkyl halides is 3. The van der Waals surface area contributed by atoms with Gasteiger partial charge in [0.05, 0.1) is 27.9 Å². The molecule has 3 aromatic heterocycles. The van der Waals surface area contributed by atoms with Gasteiger partial charge in [-0.1, -0.05) is 30.3 Å². The molecule has 1 aromatic carbocycles. The van der Waals surface area contributed by atoms with E-state index in [1.54, 1.807) is 24.7 Å². The lowest BCUT2D eigenvalue weighted by Gasteiger charge is -2.14. The Morgan fingerprint density at radius 3 is 2.58 bits per heavy atom. The van der Waals surface area contributed by atoms with E-state index in [0.717, 1.165) is 11.6 Å². The molecule has 0 aliphatic rings. The van der Waals surface area contributed by atoms with Crippen LogP contribution in [0.4, 0.5) is 19.0 Å². The quantitative estimate of drug-likeness (QED) is 0.427. The normalized spacial score (nSPS) is 11.5. The summed E-state index contributed by atoms with van der Waals surface area (Å²) in [5.74, 6) is -0.644. The predicted octanol–water partition coefficient (Wildman–Crippen LogP) is 4.20. The number of rotatable bonds is 6. The van der Waals surface area contributed by atoms with E-state index in [4.69, 9.17) is 0 Å². The fraction of sp³-hybridized carbons (Fsp3) is 0.217. The van der Waals surface area contributed by atoms with E-state index in [1.165, 1.54) is 12.3 Å². The van der Waals surface area contributed by atoms with E-state index in [9.17, 15) is 18.0 Å². The van der Waals surface area contributed by atoms with Gasteiger partial charge in [-0.2, -0.15) is 18.3 Å². The van der Waals surface area contributed by atoms with Crippen LogP contribution in [-0.4, -0.2) is 38.7 Å². The molecule has 0 bridgehead atoms. The molecule has 0 spiro atoms. The Labute approximate surface area is 187 Å². The number of halogens is 3. The summed E-state index contributed by atoms with van der Waals surface area (Å²) in [6, 6.07) is 13.3. The number of anilines is 1. The van der Waals surface area contributed by atoms with Crippen molar-refractivity contribution in [2.75, 3.05) is 18.4 Å². The van der Waals surface area contributed by atoms with Gasteiger partial charge in [-0.25, -0.2) is 9.97 Å². The molecule has 0 aliphatic heterocycles. The first-order chi connectivity index (χ1) is 15.8. The second-order valence-corrected chi connectivity index (χ2v) is 7.41. The minimum Gasteiger partial charge on any atom is -0.368 e. The fourth-order valence-electron chi connectivity index (χ4n) is 3.61. The highest BCUT2D eigenvalue weighted by Gasteiger charge is 2.34. The van der Waals surface area contributed by atoms with Crippen LogP contribution in [0.3, 0.4) is 0 Å². The highest BCUT2D eigenvalue weighted by molar-refractivity contribution is 6.07. The number of aromatic nitrogens is 4. The zero-order valence-corrected chi connectivity index (χ0v) is 17.9. The largest absolute Gasteiger partial charge is 0.419 e. The number of amides is 1. The average Bonchev–Trinajstić information content (AvgIpc) is 3.09. The van der Waals surface area contributed by atoms with E-state index >= 15 is 0 Å². The number of nitrogens with zero attached hydrogens (tertiary/aromatic N) is 4. The van der Waals surface area contributed by atoms with Crippen LogP contribution in [0, 0.1) is 6.92 Å². The molecule has 33 heavy (non-hydrogen) atoms. The summed E-state index contributed by atoms with van der Waals surface area (Å²) in [6.07, 6.45) is -3.24. The molecule has 4 aromatic rings. The number of carbonyl (C=O) groups excluding carboxylic acids is 1. The van der Waals surface area contributed by atoms with Crippen molar-refractivity contribution in [1.29, 1.82) is 0 Å². The molecule has 3 heterocycles. The summed E-state index contributed by atoms with van der Waals surface area (Å²) in [5, 5.41) is 10.4. The van der Waals surface area contributed by atoms with E-state index < -0.39 is 11.7 Å². The van der Waals surface area contributed by atoms with E-state index in [0.29, 0.717) is 28.0 Å². The second kappa shape index (κ2) is 8.89. The molecule has 0 unspecified atom stereocenters. The number of hydrogen-bond acceptors (Lipinski definition) is 5. The number of hydrogen-bond donors (Lipinski definition) is 2. The van der Waals surface area contributed by atoms with Crippen LogP contribution in [0.2, 0.25) is 0 Å². The van der Waals surface area contributed by atoms with E-state index in [1.807, 2.05) is 30.3 Å². The van der Waals surface area contributed by atoms with Crippen LogP contribution in [0.25, 0.3) is 22.3 Å². The van der Waals surface area contributed by atoms with E-state index in [2.05, 4.69) is 25.7 Å². The van der Waals surface area contributed by atoms with Crippen molar-refractivity contribution in [3.63, 3.8) is 0 Å². The average molecular weight is 454 g/mol. The van der Waals surface area contributed by atoms with Gasteiger partial charge in [-0.05, 0) is 25.1 Å². The molecule has 0 radical (unpaired) electrons. The molecule has 0 fully saturated rings. The zero-order valence-electron chi connectivity index (χ0n) is 17.9. The first-order valence-electron chi connectivity index (χ1n) is 10.2. The van der Waals surface area contributed by atoms with Gasteiger partial charge in [0.15, 0.2) is 5.65 Å². The van der Waals surface area contributed by atoms with Gasteiger partial charge >= 0.3 is 6.18 Å². The zero-order chi connectivity index (χ0) is 23.6. The summed E-state index contributed by atoms with van der Waals surface area (Å²) >= 11 is 0. The lowest BCUT2D eigenvalue weighted by molar-refractivity contribution is -0.137. The molecule has 0 saturated carbocycles. The number of nitrogens with one attached hydrogen (secondary N) is 2. The maximum Gasteiger partial charge on any atom is 0.419 e. The van der Waals surface area contributed by atoms with Crippen LogP contribution in [0.5, 0.6) is 0 Å². The number of fused-ring (bicyclic) bond motifs is 1. The van der Waals surface area contributed by atoms with Gasteiger partial charge in [0.25, 0.3) is 5.91 Å². The van der Waals surface area contributed by atoms with Crippen molar-refractivity contribution in [2.24, 2.45) is 7.05 Å². The first kappa shape index (κ1) is 22.3. The van der Waals surface area contributed by atoms with Crippen LogP contribution in [0.1, 0.15) is 21.6 Å². The number of carbonyl (C=O) groups is 1. The van der Waals surface area contributed by atoms with Gasteiger partial charge < -0.3 is 10.6 Å². The highest BCUT2D eigenvalue weighted by Crippen LogP contribution is 2.33. The van der Waals surface area contributed by atoms with Gasteiger partial charge in [0, 0.05) is 31.9 Å². The molecule has 4 rings (SSSR count). The maximum absolute atomic E-state index is 13.1. The monoisotopic (exact) mass is 454 g/mol. The van der Waals surface area contributed by atoms with Crippen LogP contribution in [0.15, 0.2) is 54.7 Å². The topological polar surface area (TPSA) is 84.7 Å². The molecule has 1 amide bonds. The molecule has 2 N–H and O–H groups in total. The fourth-order valence-corrected chi connectivity index (χ4v) is 3.61. The van der Waals surface area contributed by atoms with Gasteiger partial charge in [0.1, 0.15) is 5.82 Å². The highest BCUT2D eigenvalue weighted by atomic mass is 19.4. The van der Waals surface area contributed by atoms with Crippen molar-refractivity contribution in [3.05, 3.63) is 71.5 Å². The molecular formula is C23H21F3N6O. The summed E-state index contributed by atoms with van der Waals surface area (Å²) in [6.45, 7) is 1.96. The maximum atomic E-state index is 13.1. The lowest BCUT2D eigenvalue weighted by Crippen LogP contribution is -2.29. The number of aryl methyl sites for hydroxylation is 2. The van der Waals surface area contributed by atoms with Gasteiger partial charge in [0.2, 0.25) is 0 Å². The smallest absolute Gasteiger partial charge is 0.368 e. The molecule has 0 saturated heterocycles. The summed E-state index contributed by atoms with van der Waals surface area (Å²) < 4.78 is 40.9. The summed E-state index contributed by atoms with van der Waals surface area (Å²) in [7, 11) is 1.76. The standard InChI is InChI=1S/C23H21F3N6O/c1-14-19-16(13-18(15-7-4-3-5-8-15)30-21(19)32(2)31-14)22(33)29-12-11-28-20-17(23(24,25)26)9-6-10-27-20/h3-10,13H,11-12H2,1-2H3,(H,27,28)(H,29,33). The Hall–Kier alpha value is -3.95. The molecule has 10 heteroatoms. The molecule has 0 aliphatic carbocycles. The van der Waals surface area contributed by atoms with Crippen LogP contribution in [-0.2, 0) is 13.2 Å². The second-order valence-electron chi connectivity index (χ2n) is 7.41. The van der Waals surface area contributed by atoms with Crippen molar-refractivity contribution in [1.82, 2.24) is 25.1 Å². The third-order valence-electron chi connectivity index (χ3n) is 5.10. The molecule has 0 atom stereocenters. The third-order valence-corrected chi connectivity index (χ3v) is 5.10. The van der Waals surface area contributed by atoms with Crippen LogP contribution < -0.4 is 10.6 Å². The lowest BCUT2D eigenvalue weighted by atomic mass is 10.0. The summed E-state index contributed by atoms with van der Waals surface area (Å²) in [5.41, 5.74) is 2.25. The number of benzene rings is 1. The Kier molecular flexibility index (Phi) is 5.99. The van der Waals surface area contributed by atoms with Crippen molar-refractivity contribution < 1.29 is 18.0 Å². The Bertz CT molecular complexity index is 1300. The number of pyridine rings is 2. The molecule has 7 nitrogen and oxygen atoms in total. The molecule has 170 valence electrons.